The minimum atomic E-state index is -0.397. The summed E-state index contributed by atoms with van der Waals surface area (Å²) in [5, 5.41) is 5.27. The summed E-state index contributed by atoms with van der Waals surface area (Å²) in [6, 6.07) is 8.55. The van der Waals surface area contributed by atoms with Crippen LogP contribution in [-0.2, 0) is 24.1 Å². The molecule has 0 radical (unpaired) electrons. The van der Waals surface area contributed by atoms with Crippen LogP contribution < -0.4 is 5.32 Å². The lowest BCUT2D eigenvalue weighted by atomic mass is 9.89. The van der Waals surface area contributed by atoms with Gasteiger partial charge in [-0.15, -0.1) is 11.3 Å². The number of amides is 1. The molecule has 1 saturated heterocycles. The molecule has 2 aromatic rings. The van der Waals surface area contributed by atoms with Crippen molar-refractivity contribution in [1.82, 2.24) is 15.2 Å². The SMILES string of the molecule is O=C(NCCc1cscn1)C1(N2CCCCC2)Cc2ccccc2C1. The van der Waals surface area contributed by atoms with E-state index in [9.17, 15) is 4.79 Å². The molecular weight excluding hydrogens is 330 g/mol. The maximum absolute atomic E-state index is 13.3. The fourth-order valence-corrected chi connectivity index (χ4v) is 4.87. The Labute approximate surface area is 153 Å². The highest BCUT2D eigenvalue weighted by Crippen LogP contribution is 2.36. The fourth-order valence-electron chi connectivity index (χ4n) is 4.27. The van der Waals surface area contributed by atoms with Gasteiger partial charge in [0.25, 0.3) is 0 Å². The van der Waals surface area contributed by atoms with Crippen molar-refractivity contribution >= 4 is 17.2 Å². The van der Waals surface area contributed by atoms with Gasteiger partial charge in [0.2, 0.25) is 5.91 Å². The van der Waals surface area contributed by atoms with Gasteiger partial charge in [0.05, 0.1) is 11.2 Å². The Kier molecular flexibility index (Phi) is 4.86. The Hall–Kier alpha value is -1.72. The van der Waals surface area contributed by atoms with Crippen LogP contribution in [0.5, 0.6) is 0 Å². The average molecular weight is 356 g/mol. The van der Waals surface area contributed by atoms with Gasteiger partial charge in [-0.25, -0.2) is 4.98 Å². The first kappa shape index (κ1) is 16.7. The van der Waals surface area contributed by atoms with E-state index in [1.165, 1.54) is 30.4 Å². The first-order valence-electron chi connectivity index (χ1n) is 9.25. The number of likely N-dealkylation sites (tertiary alicyclic amines) is 1. The molecule has 0 unspecified atom stereocenters. The Balaban J connectivity index is 1.50. The molecule has 1 N–H and O–H groups in total. The number of hydrogen-bond donors (Lipinski definition) is 1. The molecule has 1 amide bonds. The van der Waals surface area contributed by atoms with Crippen molar-refractivity contribution in [3.63, 3.8) is 0 Å². The van der Waals surface area contributed by atoms with Crippen LogP contribution in [0.4, 0.5) is 0 Å². The maximum atomic E-state index is 13.3. The van der Waals surface area contributed by atoms with Crippen LogP contribution >= 0.6 is 11.3 Å². The molecule has 0 saturated carbocycles. The second-order valence-electron chi connectivity index (χ2n) is 7.19. The monoisotopic (exact) mass is 355 g/mol. The standard InChI is InChI=1S/C20H25N3OS/c24-19(21-9-8-18-14-25-15-22-18)20(23-10-4-1-5-11-23)12-16-6-2-3-7-17(16)13-20/h2-3,6-7,14-15H,1,4-5,8-13H2,(H,21,24). The van der Waals surface area contributed by atoms with Crippen LogP contribution in [0.25, 0.3) is 0 Å². The second kappa shape index (κ2) is 7.26. The summed E-state index contributed by atoms with van der Waals surface area (Å²) in [6.45, 7) is 2.73. The molecule has 1 aromatic carbocycles. The van der Waals surface area contributed by atoms with Crippen LogP contribution in [0.2, 0.25) is 0 Å². The molecule has 0 atom stereocenters. The normalized spacial score (nSPS) is 19.5. The molecule has 1 aliphatic heterocycles. The number of piperidine rings is 1. The molecule has 5 heteroatoms. The number of aromatic nitrogens is 1. The molecule has 1 aliphatic carbocycles. The van der Waals surface area contributed by atoms with Gasteiger partial charge in [-0.3, -0.25) is 9.69 Å². The van der Waals surface area contributed by atoms with Crippen LogP contribution in [-0.4, -0.2) is 41.0 Å². The van der Waals surface area contributed by atoms with Gasteiger partial charge in [0.1, 0.15) is 5.54 Å². The molecule has 132 valence electrons. The van der Waals surface area contributed by atoms with Crippen LogP contribution in [0.3, 0.4) is 0 Å². The second-order valence-corrected chi connectivity index (χ2v) is 7.91. The number of fused-ring (bicyclic) bond motifs is 1. The Morgan fingerprint density at radius 1 is 1.16 bits per heavy atom. The summed E-state index contributed by atoms with van der Waals surface area (Å²) >= 11 is 1.61. The number of benzene rings is 1. The smallest absolute Gasteiger partial charge is 0.241 e. The van der Waals surface area contributed by atoms with E-state index >= 15 is 0 Å². The number of nitrogens with zero attached hydrogens (tertiary/aromatic N) is 2. The molecule has 4 rings (SSSR count). The van der Waals surface area contributed by atoms with E-state index in [0.717, 1.165) is 38.0 Å². The van der Waals surface area contributed by atoms with Crippen molar-refractivity contribution in [2.24, 2.45) is 0 Å². The summed E-state index contributed by atoms with van der Waals surface area (Å²) < 4.78 is 0. The molecule has 4 nitrogen and oxygen atoms in total. The predicted molar refractivity (Wildman–Crippen MR) is 101 cm³/mol. The summed E-state index contributed by atoms with van der Waals surface area (Å²) in [4.78, 5) is 20.1. The number of rotatable bonds is 5. The number of nitrogens with one attached hydrogen (secondary N) is 1. The molecule has 0 spiro atoms. The molecule has 0 bridgehead atoms. The summed E-state index contributed by atoms with van der Waals surface area (Å²) in [6.07, 6.45) is 6.16. The first-order chi connectivity index (χ1) is 12.3. The third-order valence-electron chi connectivity index (χ3n) is 5.62. The number of hydrogen-bond acceptors (Lipinski definition) is 4. The number of carbonyl (C=O) groups excluding carboxylic acids is 1. The van der Waals surface area contributed by atoms with Gasteiger partial charge < -0.3 is 5.32 Å². The first-order valence-corrected chi connectivity index (χ1v) is 10.2. The lowest BCUT2D eigenvalue weighted by Crippen LogP contribution is -2.61. The fraction of sp³-hybridized carbons (Fsp3) is 0.500. The Morgan fingerprint density at radius 3 is 2.52 bits per heavy atom. The minimum Gasteiger partial charge on any atom is -0.354 e. The average Bonchev–Trinajstić information content (AvgIpc) is 3.30. The Bertz CT molecular complexity index is 697. The van der Waals surface area contributed by atoms with Gasteiger partial charge in [-0.2, -0.15) is 0 Å². The summed E-state index contributed by atoms with van der Waals surface area (Å²) in [7, 11) is 0. The van der Waals surface area contributed by atoms with Gasteiger partial charge in [-0.05, 0) is 37.1 Å². The number of carbonyl (C=O) groups is 1. The van der Waals surface area contributed by atoms with E-state index in [1.807, 2.05) is 5.51 Å². The van der Waals surface area contributed by atoms with Crippen molar-refractivity contribution in [1.29, 1.82) is 0 Å². The van der Waals surface area contributed by atoms with Crippen molar-refractivity contribution in [3.8, 4) is 0 Å². The minimum absolute atomic E-state index is 0.195. The van der Waals surface area contributed by atoms with Crippen LogP contribution in [0, 0.1) is 0 Å². The van der Waals surface area contributed by atoms with Gasteiger partial charge in [0.15, 0.2) is 0 Å². The zero-order valence-electron chi connectivity index (χ0n) is 14.5. The van der Waals surface area contributed by atoms with Crippen molar-refractivity contribution < 1.29 is 4.79 Å². The van der Waals surface area contributed by atoms with Crippen LogP contribution in [0.15, 0.2) is 35.2 Å². The highest BCUT2D eigenvalue weighted by molar-refractivity contribution is 7.07. The van der Waals surface area contributed by atoms with Crippen molar-refractivity contribution in [3.05, 3.63) is 52.0 Å². The van der Waals surface area contributed by atoms with E-state index in [2.05, 4.69) is 44.8 Å². The number of thiazole rings is 1. The molecule has 1 fully saturated rings. The molecule has 25 heavy (non-hydrogen) atoms. The van der Waals surface area contributed by atoms with Gasteiger partial charge >= 0.3 is 0 Å². The summed E-state index contributed by atoms with van der Waals surface area (Å²) in [5.74, 6) is 0.195. The van der Waals surface area contributed by atoms with Crippen molar-refractivity contribution in [2.75, 3.05) is 19.6 Å². The molecule has 2 aliphatic rings. The van der Waals surface area contributed by atoms with E-state index in [0.29, 0.717) is 6.54 Å². The van der Waals surface area contributed by atoms with Gasteiger partial charge in [-0.1, -0.05) is 30.7 Å². The zero-order chi connectivity index (χ0) is 17.1. The highest BCUT2D eigenvalue weighted by Gasteiger charge is 2.48. The molecular formula is C20H25N3OS. The lowest BCUT2D eigenvalue weighted by molar-refractivity contribution is -0.134. The quantitative estimate of drug-likeness (QED) is 0.897. The summed E-state index contributed by atoms with van der Waals surface area (Å²) in [5.41, 5.74) is 5.18. The van der Waals surface area contributed by atoms with E-state index in [1.54, 1.807) is 11.3 Å². The maximum Gasteiger partial charge on any atom is 0.241 e. The lowest BCUT2D eigenvalue weighted by Gasteiger charge is -2.42. The van der Waals surface area contributed by atoms with E-state index in [-0.39, 0.29) is 5.91 Å². The predicted octanol–water partition coefficient (Wildman–Crippen LogP) is 2.83. The highest BCUT2D eigenvalue weighted by atomic mass is 32.1. The topological polar surface area (TPSA) is 45.2 Å². The Morgan fingerprint density at radius 2 is 1.88 bits per heavy atom. The molecule has 1 aromatic heterocycles. The third-order valence-corrected chi connectivity index (χ3v) is 6.25. The van der Waals surface area contributed by atoms with Gasteiger partial charge in [0, 0.05) is 31.2 Å². The zero-order valence-corrected chi connectivity index (χ0v) is 15.4. The van der Waals surface area contributed by atoms with E-state index < -0.39 is 5.54 Å². The van der Waals surface area contributed by atoms with Crippen molar-refractivity contribution in [2.45, 2.75) is 44.1 Å². The van der Waals surface area contributed by atoms with E-state index in [4.69, 9.17) is 0 Å². The van der Waals surface area contributed by atoms with Crippen LogP contribution in [0.1, 0.15) is 36.1 Å². The molecule has 2 heterocycles. The third kappa shape index (κ3) is 3.35. The largest absolute Gasteiger partial charge is 0.354 e.